The lowest BCUT2D eigenvalue weighted by atomic mass is 10.1. The van der Waals surface area contributed by atoms with E-state index < -0.39 is 10.8 Å². The maximum atomic E-state index is 12.8. The average Bonchev–Trinajstić information content (AvgIpc) is 3.21. The fourth-order valence-corrected chi connectivity index (χ4v) is 3.51. The Kier molecular flexibility index (Phi) is 5.75. The van der Waals surface area contributed by atoms with Crippen LogP contribution in [0.15, 0.2) is 35.9 Å². The van der Waals surface area contributed by atoms with Crippen molar-refractivity contribution in [1.29, 1.82) is 5.26 Å². The van der Waals surface area contributed by atoms with Gasteiger partial charge in [-0.05, 0) is 57.5 Å². The number of hydrogen-bond acceptors (Lipinski definition) is 6. The Labute approximate surface area is 178 Å². The van der Waals surface area contributed by atoms with Crippen LogP contribution in [0.5, 0.6) is 5.75 Å². The first kappa shape index (κ1) is 21.5. The molecule has 0 aliphatic rings. The van der Waals surface area contributed by atoms with Crippen molar-refractivity contribution in [2.45, 2.75) is 27.7 Å². The molecule has 0 saturated heterocycles. The monoisotopic (exact) mass is 419 g/mol. The highest BCUT2D eigenvalue weighted by Gasteiger charge is 2.19. The third-order valence-electron chi connectivity index (χ3n) is 4.94. The highest BCUT2D eigenvalue weighted by atomic mass is 16.6. The van der Waals surface area contributed by atoms with Gasteiger partial charge in [0.1, 0.15) is 17.4 Å². The Balaban J connectivity index is 2.09. The van der Waals surface area contributed by atoms with Gasteiger partial charge in [0.2, 0.25) is 0 Å². The van der Waals surface area contributed by atoms with E-state index in [1.807, 2.05) is 30.6 Å². The van der Waals surface area contributed by atoms with Crippen molar-refractivity contribution in [1.82, 2.24) is 14.3 Å². The average molecular weight is 419 g/mol. The number of carbonyl (C=O) groups is 1. The number of ether oxygens (including phenoxy) is 1. The van der Waals surface area contributed by atoms with E-state index in [2.05, 4.69) is 5.10 Å². The number of allylic oxidation sites excluding steroid dienone is 1. The number of rotatable bonds is 5. The summed E-state index contributed by atoms with van der Waals surface area (Å²) in [6, 6.07) is 9.93. The fraction of sp³-hybridized carbons (Fsp3) is 0.227. The second-order valence-corrected chi connectivity index (χ2v) is 7.09. The molecule has 0 amide bonds. The molecule has 9 nitrogen and oxygen atoms in total. The summed E-state index contributed by atoms with van der Waals surface area (Å²) in [6.07, 6.45) is 1.52. The zero-order valence-corrected chi connectivity index (χ0v) is 17.8. The van der Waals surface area contributed by atoms with Crippen LogP contribution in [0.25, 0.3) is 11.8 Å². The molecule has 0 aliphatic heterocycles. The third-order valence-corrected chi connectivity index (χ3v) is 4.94. The number of aromatic nitrogens is 3. The number of nitro groups is 1. The molecule has 1 aromatic carbocycles. The zero-order valence-electron chi connectivity index (χ0n) is 17.8. The number of aryl methyl sites for hydroxylation is 3. The molecule has 3 aromatic rings. The number of nitrogens with zero attached hydrogens (tertiary/aromatic N) is 5. The van der Waals surface area contributed by atoms with E-state index in [1.54, 1.807) is 26.0 Å². The van der Waals surface area contributed by atoms with Crippen LogP contribution in [0, 0.1) is 49.1 Å². The molecule has 0 spiro atoms. The summed E-state index contributed by atoms with van der Waals surface area (Å²) in [6.45, 7) is 7.22. The molecule has 9 heteroatoms. The van der Waals surface area contributed by atoms with Crippen molar-refractivity contribution in [3.05, 3.63) is 74.4 Å². The van der Waals surface area contributed by atoms with Crippen LogP contribution in [-0.2, 0) is 0 Å². The minimum absolute atomic E-state index is 0.0536. The Morgan fingerprint density at radius 1 is 1.19 bits per heavy atom. The van der Waals surface area contributed by atoms with Gasteiger partial charge in [-0.15, -0.1) is 0 Å². The number of benzene rings is 1. The van der Waals surface area contributed by atoms with E-state index >= 15 is 0 Å². The summed E-state index contributed by atoms with van der Waals surface area (Å²) >= 11 is 0. The van der Waals surface area contributed by atoms with Gasteiger partial charge in [-0.3, -0.25) is 14.9 Å². The van der Waals surface area contributed by atoms with Gasteiger partial charge in [-0.2, -0.15) is 10.4 Å². The highest BCUT2D eigenvalue weighted by Crippen LogP contribution is 2.32. The van der Waals surface area contributed by atoms with Crippen LogP contribution in [0.3, 0.4) is 0 Å². The molecule has 3 rings (SSSR count). The van der Waals surface area contributed by atoms with Gasteiger partial charge in [-0.25, -0.2) is 4.68 Å². The minimum Gasteiger partial charge on any atom is -0.494 e. The molecule has 158 valence electrons. The summed E-state index contributed by atoms with van der Waals surface area (Å²) in [7, 11) is 1.44. The predicted molar refractivity (Wildman–Crippen MR) is 114 cm³/mol. The molecule has 0 aliphatic carbocycles. The van der Waals surface area contributed by atoms with Crippen LogP contribution in [-0.4, -0.2) is 32.3 Å². The van der Waals surface area contributed by atoms with Crippen molar-refractivity contribution in [3.63, 3.8) is 0 Å². The van der Waals surface area contributed by atoms with Gasteiger partial charge in [0.05, 0.1) is 29.5 Å². The van der Waals surface area contributed by atoms with E-state index in [1.165, 1.54) is 30.0 Å². The van der Waals surface area contributed by atoms with Crippen LogP contribution in [0.1, 0.15) is 33.1 Å². The first-order valence-corrected chi connectivity index (χ1v) is 9.39. The van der Waals surface area contributed by atoms with Crippen LogP contribution in [0.2, 0.25) is 0 Å². The fourth-order valence-electron chi connectivity index (χ4n) is 3.51. The standard InChI is InChI=1S/C22H21N5O4/c1-13-8-15(3)26(24-13)22(28)18(12-23)10-17-9-14(2)25(16(17)4)20-7-6-19(27(29)30)11-21(20)31-5/h6-11H,1-5H3/b18-10+. The van der Waals surface area contributed by atoms with Crippen molar-refractivity contribution in [2.75, 3.05) is 7.11 Å². The van der Waals surface area contributed by atoms with Gasteiger partial charge in [-0.1, -0.05) is 0 Å². The largest absolute Gasteiger partial charge is 0.494 e. The molecule has 0 radical (unpaired) electrons. The Morgan fingerprint density at radius 2 is 1.90 bits per heavy atom. The van der Waals surface area contributed by atoms with Gasteiger partial charge in [0.25, 0.3) is 11.6 Å². The summed E-state index contributed by atoms with van der Waals surface area (Å²) in [5.41, 5.74) is 4.05. The molecule has 0 bridgehead atoms. The second kappa shape index (κ2) is 8.28. The summed E-state index contributed by atoms with van der Waals surface area (Å²) in [5, 5.41) is 24.8. The molecular formula is C22H21N5O4. The van der Waals surface area contributed by atoms with E-state index in [0.717, 1.165) is 11.4 Å². The quantitative estimate of drug-likeness (QED) is 0.266. The maximum Gasteiger partial charge on any atom is 0.289 e. The maximum absolute atomic E-state index is 12.8. The molecule has 0 saturated carbocycles. The number of nitro benzene ring substituents is 1. The highest BCUT2D eigenvalue weighted by molar-refractivity contribution is 6.03. The second-order valence-electron chi connectivity index (χ2n) is 7.09. The van der Waals surface area contributed by atoms with Gasteiger partial charge in [0, 0.05) is 23.1 Å². The van der Waals surface area contributed by atoms with Crippen molar-refractivity contribution >= 4 is 17.7 Å². The van der Waals surface area contributed by atoms with Crippen molar-refractivity contribution in [2.24, 2.45) is 0 Å². The van der Waals surface area contributed by atoms with Crippen molar-refractivity contribution < 1.29 is 14.5 Å². The van der Waals surface area contributed by atoms with Gasteiger partial charge in [0.15, 0.2) is 0 Å². The van der Waals surface area contributed by atoms with E-state index in [0.29, 0.717) is 28.4 Å². The molecule has 0 unspecified atom stereocenters. The van der Waals surface area contributed by atoms with Crippen molar-refractivity contribution in [3.8, 4) is 17.5 Å². The van der Waals surface area contributed by atoms with Crippen LogP contribution in [0.4, 0.5) is 5.69 Å². The summed E-state index contributed by atoms with van der Waals surface area (Å²) in [5.74, 6) is -0.170. The zero-order chi connectivity index (χ0) is 22.9. The van der Waals surface area contributed by atoms with Crippen LogP contribution < -0.4 is 4.74 Å². The molecule has 0 atom stereocenters. The molecule has 2 aromatic heterocycles. The minimum atomic E-state index is -0.509. The molecule has 2 heterocycles. The molecule has 0 fully saturated rings. The van der Waals surface area contributed by atoms with Crippen LogP contribution >= 0.6 is 0 Å². The normalized spacial score (nSPS) is 11.3. The van der Waals surface area contributed by atoms with Gasteiger partial charge < -0.3 is 9.30 Å². The lowest BCUT2D eigenvalue weighted by molar-refractivity contribution is -0.384. The molecule has 0 N–H and O–H groups in total. The lowest BCUT2D eigenvalue weighted by Crippen LogP contribution is -2.15. The van der Waals surface area contributed by atoms with Gasteiger partial charge >= 0.3 is 0 Å². The number of carbonyl (C=O) groups excluding carboxylic acids is 1. The number of nitriles is 1. The SMILES string of the molecule is COc1cc([N+](=O)[O-])ccc1-n1c(C)cc(/C=C(\C#N)C(=O)n2nc(C)cc2C)c1C. The summed E-state index contributed by atoms with van der Waals surface area (Å²) < 4.78 is 8.43. The molecular weight excluding hydrogens is 398 g/mol. The summed E-state index contributed by atoms with van der Waals surface area (Å²) in [4.78, 5) is 23.4. The molecule has 31 heavy (non-hydrogen) atoms. The Hall–Kier alpha value is -4.19. The first-order valence-electron chi connectivity index (χ1n) is 9.39. The predicted octanol–water partition coefficient (Wildman–Crippen LogP) is 4.07. The topological polar surface area (TPSA) is 116 Å². The first-order chi connectivity index (χ1) is 14.7. The van der Waals surface area contributed by atoms with E-state index in [-0.39, 0.29) is 11.3 Å². The number of non-ortho nitro benzene ring substituents is 1. The lowest BCUT2D eigenvalue weighted by Gasteiger charge is -2.13. The van der Waals surface area contributed by atoms with E-state index in [9.17, 15) is 20.2 Å². The Bertz CT molecular complexity index is 1270. The third kappa shape index (κ3) is 3.96. The number of hydrogen-bond donors (Lipinski definition) is 0. The number of methoxy groups -OCH3 is 1. The van der Waals surface area contributed by atoms with E-state index in [4.69, 9.17) is 4.74 Å². The smallest absolute Gasteiger partial charge is 0.289 e. The Morgan fingerprint density at radius 3 is 2.45 bits per heavy atom.